The van der Waals surface area contributed by atoms with Crippen molar-refractivity contribution in [2.75, 3.05) is 7.11 Å². The van der Waals surface area contributed by atoms with Crippen LogP contribution in [0.1, 0.15) is 38.0 Å². The highest BCUT2D eigenvalue weighted by Crippen LogP contribution is 2.26. The fraction of sp³-hybridized carbons (Fsp3) is 0.444. The number of Topliss-reactive ketones (excluding diaryl/α,β-unsaturated/α-hetero) is 1. The molecule has 1 aromatic rings. The number of ether oxygens (including phenoxy) is 1. The Kier molecular flexibility index (Phi) is 2.33. The monoisotopic (exact) mass is 211 g/mol. The van der Waals surface area contributed by atoms with Gasteiger partial charge in [0.25, 0.3) is 0 Å². The van der Waals surface area contributed by atoms with Crippen LogP contribution in [-0.2, 0) is 11.2 Å². The van der Waals surface area contributed by atoms with Crippen molar-refractivity contribution in [1.82, 2.24) is 4.98 Å². The van der Waals surface area contributed by atoms with Gasteiger partial charge in [-0.3, -0.25) is 4.79 Å². The number of nitrogens with zero attached hydrogens (tertiary/aromatic N) is 1. The van der Waals surface area contributed by atoms with Crippen LogP contribution in [0.4, 0.5) is 0 Å². The number of aryl methyl sites for hydroxylation is 1. The quantitative estimate of drug-likeness (QED) is 0.660. The lowest BCUT2D eigenvalue weighted by molar-refractivity contribution is 0.0600. The van der Waals surface area contributed by atoms with Crippen molar-refractivity contribution in [3.63, 3.8) is 0 Å². The van der Waals surface area contributed by atoms with Crippen LogP contribution < -0.4 is 0 Å². The maximum atomic E-state index is 11.4. The highest BCUT2D eigenvalue weighted by atomic mass is 32.1. The molecular weight excluding hydrogens is 202 g/mol. The van der Waals surface area contributed by atoms with Crippen LogP contribution in [0.25, 0.3) is 0 Å². The van der Waals surface area contributed by atoms with Crippen molar-refractivity contribution < 1.29 is 14.3 Å². The summed E-state index contributed by atoms with van der Waals surface area (Å²) in [4.78, 5) is 27.5. The third-order valence-electron chi connectivity index (χ3n) is 2.13. The number of rotatable bonds is 1. The molecular formula is C9H9NO3S. The first-order valence-electron chi connectivity index (χ1n) is 4.33. The Morgan fingerprint density at radius 2 is 2.29 bits per heavy atom. The van der Waals surface area contributed by atoms with Gasteiger partial charge in [-0.15, -0.1) is 11.3 Å². The molecule has 5 heteroatoms. The number of aromatic nitrogens is 1. The van der Waals surface area contributed by atoms with E-state index in [9.17, 15) is 9.59 Å². The summed E-state index contributed by atoms with van der Waals surface area (Å²) < 4.78 is 4.55. The van der Waals surface area contributed by atoms with Crippen molar-refractivity contribution >= 4 is 23.1 Å². The topological polar surface area (TPSA) is 56.3 Å². The maximum Gasteiger partial charge on any atom is 0.367 e. The molecule has 1 aromatic heterocycles. The van der Waals surface area contributed by atoms with Gasteiger partial charge in [-0.1, -0.05) is 0 Å². The normalized spacial score (nSPS) is 15.1. The number of fused-ring (bicyclic) bond motifs is 1. The van der Waals surface area contributed by atoms with E-state index < -0.39 is 5.97 Å². The van der Waals surface area contributed by atoms with Crippen LogP contribution in [0.15, 0.2) is 0 Å². The van der Waals surface area contributed by atoms with Crippen molar-refractivity contribution in [3.05, 3.63) is 15.6 Å². The van der Waals surface area contributed by atoms with Crippen molar-refractivity contribution in [2.45, 2.75) is 19.3 Å². The molecule has 0 aliphatic heterocycles. The third kappa shape index (κ3) is 1.43. The predicted octanol–water partition coefficient (Wildman–Crippen LogP) is 1.45. The number of hydrogen-bond donors (Lipinski definition) is 0. The molecule has 0 unspecified atom stereocenters. The Morgan fingerprint density at radius 3 is 2.93 bits per heavy atom. The van der Waals surface area contributed by atoms with Gasteiger partial charge in [-0.25, -0.2) is 9.78 Å². The molecule has 14 heavy (non-hydrogen) atoms. The van der Waals surface area contributed by atoms with Gasteiger partial charge in [-0.2, -0.15) is 0 Å². The van der Waals surface area contributed by atoms with E-state index >= 15 is 0 Å². The van der Waals surface area contributed by atoms with Crippen LogP contribution in [0, 0.1) is 0 Å². The SMILES string of the molecule is COC(=O)c1nc2c(s1)CCCC2=O. The average molecular weight is 211 g/mol. The van der Waals surface area contributed by atoms with Crippen molar-refractivity contribution in [2.24, 2.45) is 0 Å². The summed E-state index contributed by atoms with van der Waals surface area (Å²) in [6.45, 7) is 0. The number of methoxy groups -OCH3 is 1. The zero-order valence-electron chi connectivity index (χ0n) is 7.70. The molecule has 74 valence electrons. The molecule has 0 N–H and O–H groups in total. The van der Waals surface area contributed by atoms with Crippen LogP contribution in [-0.4, -0.2) is 23.8 Å². The molecule has 4 nitrogen and oxygen atoms in total. The molecule has 1 aliphatic carbocycles. The summed E-state index contributed by atoms with van der Waals surface area (Å²) in [7, 11) is 1.31. The highest BCUT2D eigenvalue weighted by molar-refractivity contribution is 7.13. The van der Waals surface area contributed by atoms with Crippen molar-refractivity contribution in [1.29, 1.82) is 0 Å². The second-order valence-electron chi connectivity index (χ2n) is 3.06. The third-order valence-corrected chi connectivity index (χ3v) is 3.22. The largest absolute Gasteiger partial charge is 0.464 e. The summed E-state index contributed by atoms with van der Waals surface area (Å²) in [6.07, 6.45) is 2.24. The second-order valence-corrected chi connectivity index (χ2v) is 4.14. The minimum absolute atomic E-state index is 0.0395. The fourth-order valence-corrected chi connectivity index (χ4v) is 2.48. The van der Waals surface area contributed by atoms with E-state index in [0.29, 0.717) is 12.1 Å². The Labute approximate surface area is 84.9 Å². The molecule has 0 saturated carbocycles. The van der Waals surface area contributed by atoms with Gasteiger partial charge in [0.1, 0.15) is 5.69 Å². The molecule has 2 rings (SSSR count). The molecule has 0 fully saturated rings. The van der Waals surface area contributed by atoms with Crippen molar-refractivity contribution in [3.8, 4) is 0 Å². The van der Waals surface area contributed by atoms with E-state index in [4.69, 9.17) is 0 Å². The lowest BCUT2D eigenvalue weighted by Crippen LogP contribution is -2.09. The first kappa shape index (κ1) is 9.33. The van der Waals surface area contributed by atoms with E-state index in [0.717, 1.165) is 17.7 Å². The summed E-state index contributed by atoms with van der Waals surface area (Å²) in [6, 6.07) is 0. The number of carbonyl (C=O) groups is 2. The van der Waals surface area contributed by atoms with E-state index in [2.05, 4.69) is 9.72 Å². The molecule has 1 aliphatic rings. The lowest BCUT2D eigenvalue weighted by Gasteiger charge is -2.05. The summed E-state index contributed by atoms with van der Waals surface area (Å²) in [5, 5.41) is 0.285. The van der Waals surface area contributed by atoms with Gasteiger partial charge < -0.3 is 4.74 Å². The van der Waals surface area contributed by atoms with Crippen LogP contribution in [0.3, 0.4) is 0 Å². The standard InChI is InChI=1S/C9H9NO3S/c1-13-9(12)8-10-7-5(11)3-2-4-6(7)14-8/h2-4H2,1H3. The summed E-state index contributed by atoms with van der Waals surface area (Å²) in [5.74, 6) is -0.421. The predicted molar refractivity (Wildman–Crippen MR) is 50.7 cm³/mol. The van der Waals surface area contributed by atoms with E-state index in [-0.39, 0.29) is 10.8 Å². The molecule has 0 atom stereocenters. The lowest BCUT2D eigenvalue weighted by atomic mass is 10.0. The smallest absolute Gasteiger partial charge is 0.367 e. The Morgan fingerprint density at radius 1 is 1.50 bits per heavy atom. The van der Waals surface area contributed by atoms with Gasteiger partial charge in [0.15, 0.2) is 5.78 Å². The Bertz CT molecular complexity index is 397. The molecule has 0 spiro atoms. The van der Waals surface area contributed by atoms with E-state index in [1.54, 1.807) is 0 Å². The van der Waals surface area contributed by atoms with Gasteiger partial charge >= 0.3 is 5.97 Å². The average Bonchev–Trinajstić information content (AvgIpc) is 2.62. The van der Waals surface area contributed by atoms with Gasteiger partial charge in [0, 0.05) is 11.3 Å². The number of carbonyl (C=O) groups excluding carboxylic acids is 2. The van der Waals surface area contributed by atoms with Crippen LogP contribution in [0.5, 0.6) is 0 Å². The number of thiazole rings is 1. The number of esters is 1. The molecule has 0 radical (unpaired) electrons. The molecule has 0 aromatic carbocycles. The minimum Gasteiger partial charge on any atom is -0.464 e. The summed E-state index contributed by atoms with van der Waals surface area (Å²) >= 11 is 1.27. The van der Waals surface area contributed by atoms with Gasteiger partial charge in [-0.05, 0) is 12.8 Å². The zero-order valence-corrected chi connectivity index (χ0v) is 8.52. The second kappa shape index (κ2) is 3.49. The molecule has 0 amide bonds. The van der Waals surface area contributed by atoms with E-state index in [1.165, 1.54) is 18.4 Å². The fourth-order valence-electron chi connectivity index (χ4n) is 1.44. The maximum absolute atomic E-state index is 11.4. The van der Waals surface area contributed by atoms with E-state index in [1.807, 2.05) is 0 Å². The van der Waals surface area contributed by atoms with Gasteiger partial charge in [0.05, 0.1) is 7.11 Å². The first-order chi connectivity index (χ1) is 6.72. The Balaban J connectivity index is 2.40. The van der Waals surface area contributed by atoms with Crippen LogP contribution in [0.2, 0.25) is 0 Å². The van der Waals surface area contributed by atoms with Gasteiger partial charge in [0.2, 0.25) is 5.01 Å². The number of ketones is 1. The zero-order chi connectivity index (χ0) is 10.1. The number of hydrogen-bond acceptors (Lipinski definition) is 5. The minimum atomic E-state index is -0.461. The highest BCUT2D eigenvalue weighted by Gasteiger charge is 2.24. The Hall–Kier alpha value is -1.23. The van der Waals surface area contributed by atoms with Crippen LogP contribution >= 0.6 is 11.3 Å². The molecule has 0 saturated heterocycles. The molecule has 0 bridgehead atoms. The first-order valence-corrected chi connectivity index (χ1v) is 5.15. The summed E-state index contributed by atoms with van der Waals surface area (Å²) in [5.41, 5.74) is 0.474. The molecule has 1 heterocycles.